The Balaban J connectivity index is 2.28. The third kappa shape index (κ3) is 3.08. The molecule has 0 spiro atoms. The van der Waals surface area contributed by atoms with Gasteiger partial charge in [-0.05, 0) is 36.4 Å². The van der Waals surface area contributed by atoms with Crippen molar-refractivity contribution >= 4 is 28.9 Å². The smallest absolute Gasteiger partial charge is 0.257 e. The van der Waals surface area contributed by atoms with Gasteiger partial charge in [0.2, 0.25) is 0 Å². The molecule has 1 amide bonds. The molecule has 0 aliphatic rings. The van der Waals surface area contributed by atoms with Crippen molar-refractivity contribution in [1.82, 2.24) is 0 Å². The summed E-state index contributed by atoms with van der Waals surface area (Å²) >= 11 is 5.92. The second-order valence-electron chi connectivity index (χ2n) is 4.09. The zero-order valence-corrected chi connectivity index (χ0v) is 11.5. The number of anilines is 2. The lowest BCUT2D eigenvalue weighted by molar-refractivity contribution is 0.102. The maximum atomic E-state index is 12.3. The van der Waals surface area contributed by atoms with Crippen LogP contribution in [-0.2, 0) is 0 Å². The Labute approximate surface area is 122 Å². The van der Waals surface area contributed by atoms with E-state index in [1.54, 1.807) is 49.5 Å². The molecule has 2 aromatic rings. The maximum Gasteiger partial charge on any atom is 0.257 e. The number of benzene rings is 2. The van der Waals surface area contributed by atoms with Gasteiger partial charge in [0.1, 0.15) is 0 Å². The lowest BCUT2D eigenvalue weighted by Crippen LogP contribution is -2.14. The van der Waals surface area contributed by atoms with Crippen LogP contribution in [0.25, 0.3) is 0 Å². The van der Waals surface area contributed by atoms with Crippen LogP contribution >= 0.6 is 11.6 Å². The Bertz CT molecular complexity index is 692. The summed E-state index contributed by atoms with van der Waals surface area (Å²) in [5, 5.41) is 15.0. The highest BCUT2D eigenvalue weighted by Crippen LogP contribution is 2.21. The standard InChI is InChI=1S/C15H12ClN3O/c1-18-14-6-5-11(16)8-13(14)15(20)19-12-4-2-3-10(7-12)9-17/h2-8,18H,1H3,(H,19,20). The summed E-state index contributed by atoms with van der Waals surface area (Å²) in [6.07, 6.45) is 0. The van der Waals surface area contributed by atoms with Gasteiger partial charge in [-0.2, -0.15) is 5.26 Å². The zero-order valence-electron chi connectivity index (χ0n) is 10.8. The van der Waals surface area contributed by atoms with E-state index >= 15 is 0 Å². The quantitative estimate of drug-likeness (QED) is 0.907. The molecule has 0 aliphatic carbocycles. The van der Waals surface area contributed by atoms with E-state index in [0.29, 0.717) is 27.5 Å². The van der Waals surface area contributed by atoms with Crippen LogP contribution in [0.4, 0.5) is 11.4 Å². The fourth-order valence-electron chi connectivity index (χ4n) is 1.79. The summed E-state index contributed by atoms with van der Waals surface area (Å²) in [5.74, 6) is -0.285. The van der Waals surface area contributed by atoms with E-state index in [9.17, 15) is 4.79 Å². The van der Waals surface area contributed by atoms with Crippen molar-refractivity contribution in [3.63, 3.8) is 0 Å². The zero-order chi connectivity index (χ0) is 14.5. The molecule has 20 heavy (non-hydrogen) atoms. The summed E-state index contributed by atoms with van der Waals surface area (Å²) in [6.45, 7) is 0. The van der Waals surface area contributed by atoms with E-state index in [4.69, 9.17) is 16.9 Å². The van der Waals surface area contributed by atoms with Crippen LogP contribution in [0.5, 0.6) is 0 Å². The molecule has 0 heterocycles. The van der Waals surface area contributed by atoms with Crippen LogP contribution in [0, 0.1) is 11.3 Å². The number of nitriles is 1. The fraction of sp³-hybridized carbons (Fsp3) is 0.0667. The lowest BCUT2D eigenvalue weighted by atomic mass is 10.1. The number of halogens is 1. The highest BCUT2D eigenvalue weighted by Gasteiger charge is 2.12. The number of nitrogens with zero attached hydrogens (tertiary/aromatic N) is 1. The Morgan fingerprint density at radius 1 is 1.25 bits per heavy atom. The van der Waals surface area contributed by atoms with Gasteiger partial charge in [-0.3, -0.25) is 4.79 Å². The average molecular weight is 286 g/mol. The predicted molar refractivity (Wildman–Crippen MR) is 80.1 cm³/mol. The Morgan fingerprint density at radius 3 is 2.75 bits per heavy atom. The minimum absolute atomic E-state index is 0.285. The molecular weight excluding hydrogens is 274 g/mol. The summed E-state index contributed by atoms with van der Waals surface area (Å²) in [7, 11) is 1.73. The van der Waals surface area contributed by atoms with Gasteiger partial charge < -0.3 is 10.6 Å². The number of carbonyl (C=O) groups excluding carboxylic acids is 1. The van der Waals surface area contributed by atoms with Crippen molar-refractivity contribution in [2.75, 3.05) is 17.7 Å². The lowest BCUT2D eigenvalue weighted by Gasteiger charge is -2.10. The highest BCUT2D eigenvalue weighted by atomic mass is 35.5. The van der Waals surface area contributed by atoms with Crippen LogP contribution in [0.15, 0.2) is 42.5 Å². The molecule has 2 rings (SSSR count). The second-order valence-corrected chi connectivity index (χ2v) is 4.52. The van der Waals surface area contributed by atoms with Crippen molar-refractivity contribution in [2.24, 2.45) is 0 Å². The molecule has 0 saturated heterocycles. The summed E-state index contributed by atoms with van der Waals surface area (Å²) < 4.78 is 0. The SMILES string of the molecule is CNc1ccc(Cl)cc1C(=O)Nc1cccc(C#N)c1. The van der Waals surface area contributed by atoms with Crippen molar-refractivity contribution in [1.29, 1.82) is 5.26 Å². The van der Waals surface area contributed by atoms with Gasteiger partial charge in [0.15, 0.2) is 0 Å². The van der Waals surface area contributed by atoms with E-state index in [2.05, 4.69) is 10.6 Å². The molecule has 0 radical (unpaired) electrons. The first-order valence-electron chi connectivity index (χ1n) is 5.93. The van der Waals surface area contributed by atoms with Crippen LogP contribution in [-0.4, -0.2) is 13.0 Å². The molecule has 0 unspecified atom stereocenters. The molecule has 100 valence electrons. The van der Waals surface area contributed by atoms with Gasteiger partial charge in [-0.15, -0.1) is 0 Å². The highest BCUT2D eigenvalue weighted by molar-refractivity contribution is 6.31. The Morgan fingerprint density at radius 2 is 2.05 bits per heavy atom. The van der Waals surface area contributed by atoms with Gasteiger partial charge in [-0.25, -0.2) is 0 Å². The van der Waals surface area contributed by atoms with Crippen molar-refractivity contribution in [3.8, 4) is 6.07 Å². The minimum Gasteiger partial charge on any atom is -0.387 e. The van der Waals surface area contributed by atoms with Gasteiger partial charge >= 0.3 is 0 Å². The normalized spacial score (nSPS) is 9.65. The van der Waals surface area contributed by atoms with Crippen molar-refractivity contribution in [3.05, 3.63) is 58.6 Å². The molecule has 0 saturated carbocycles. The van der Waals surface area contributed by atoms with E-state index < -0.39 is 0 Å². The Kier molecular flexibility index (Phi) is 4.24. The largest absolute Gasteiger partial charge is 0.387 e. The van der Waals surface area contributed by atoms with Gasteiger partial charge in [-0.1, -0.05) is 17.7 Å². The molecular formula is C15H12ClN3O. The number of hydrogen-bond donors (Lipinski definition) is 2. The van der Waals surface area contributed by atoms with Gasteiger partial charge in [0.25, 0.3) is 5.91 Å². The van der Waals surface area contributed by atoms with Crippen molar-refractivity contribution < 1.29 is 4.79 Å². The van der Waals surface area contributed by atoms with Gasteiger partial charge in [0, 0.05) is 23.4 Å². The van der Waals surface area contributed by atoms with Crippen LogP contribution < -0.4 is 10.6 Å². The van der Waals surface area contributed by atoms with E-state index in [1.165, 1.54) is 0 Å². The minimum atomic E-state index is -0.285. The number of rotatable bonds is 3. The average Bonchev–Trinajstić information content (AvgIpc) is 2.47. The molecule has 0 bridgehead atoms. The van der Waals surface area contributed by atoms with Crippen molar-refractivity contribution in [2.45, 2.75) is 0 Å². The Hall–Kier alpha value is -2.51. The summed E-state index contributed by atoms with van der Waals surface area (Å²) in [4.78, 5) is 12.3. The molecule has 0 fully saturated rings. The molecule has 2 aromatic carbocycles. The third-order valence-corrected chi connectivity index (χ3v) is 2.98. The van der Waals surface area contributed by atoms with Gasteiger partial charge in [0.05, 0.1) is 17.2 Å². The van der Waals surface area contributed by atoms with E-state index in [0.717, 1.165) is 0 Å². The first kappa shape index (κ1) is 13.9. The first-order chi connectivity index (χ1) is 9.63. The number of nitrogens with one attached hydrogen (secondary N) is 2. The van der Waals surface area contributed by atoms with E-state index in [1.807, 2.05) is 6.07 Å². The van der Waals surface area contributed by atoms with Crippen LogP contribution in [0.3, 0.4) is 0 Å². The fourth-order valence-corrected chi connectivity index (χ4v) is 1.96. The number of amides is 1. The molecule has 5 heteroatoms. The summed E-state index contributed by atoms with van der Waals surface area (Å²) in [5.41, 5.74) is 2.18. The van der Waals surface area contributed by atoms with E-state index in [-0.39, 0.29) is 5.91 Å². The summed E-state index contributed by atoms with van der Waals surface area (Å²) in [6, 6.07) is 13.8. The molecule has 4 nitrogen and oxygen atoms in total. The third-order valence-electron chi connectivity index (χ3n) is 2.75. The second kappa shape index (κ2) is 6.09. The monoisotopic (exact) mass is 285 g/mol. The molecule has 0 atom stereocenters. The molecule has 0 aliphatic heterocycles. The van der Waals surface area contributed by atoms with Crippen LogP contribution in [0.1, 0.15) is 15.9 Å². The molecule has 2 N–H and O–H groups in total. The first-order valence-corrected chi connectivity index (χ1v) is 6.30. The number of hydrogen-bond acceptors (Lipinski definition) is 3. The predicted octanol–water partition coefficient (Wildman–Crippen LogP) is 3.51. The maximum absolute atomic E-state index is 12.3. The number of carbonyl (C=O) groups is 1. The molecule has 0 aromatic heterocycles. The topological polar surface area (TPSA) is 64.9 Å². The van der Waals surface area contributed by atoms with Crippen LogP contribution in [0.2, 0.25) is 5.02 Å².